The number of imidazole rings is 1. The van der Waals surface area contributed by atoms with E-state index in [0.717, 1.165) is 5.69 Å². The summed E-state index contributed by atoms with van der Waals surface area (Å²) in [4.78, 5) is 31.2. The van der Waals surface area contributed by atoms with Gasteiger partial charge in [-0.3, -0.25) is 14.5 Å². The number of H-pyrrole nitrogens is 1. The minimum atomic E-state index is -0.610. The number of amides is 2. The van der Waals surface area contributed by atoms with Crippen molar-refractivity contribution in [3.05, 3.63) is 18.2 Å². The summed E-state index contributed by atoms with van der Waals surface area (Å²) < 4.78 is 0. The Labute approximate surface area is 100 Å². The van der Waals surface area contributed by atoms with Crippen molar-refractivity contribution in [2.24, 2.45) is 5.73 Å². The zero-order valence-electron chi connectivity index (χ0n) is 10.1. The van der Waals surface area contributed by atoms with Crippen molar-refractivity contribution in [3.63, 3.8) is 0 Å². The maximum absolute atomic E-state index is 11.8. The van der Waals surface area contributed by atoms with Gasteiger partial charge in [-0.2, -0.15) is 0 Å². The van der Waals surface area contributed by atoms with Gasteiger partial charge in [0.25, 0.3) is 0 Å². The zero-order chi connectivity index (χ0) is 12.8. The summed E-state index contributed by atoms with van der Waals surface area (Å²) in [6.45, 7) is 3.51. The van der Waals surface area contributed by atoms with Gasteiger partial charge in [-0.25, -0.2) is 4.98 Å². The first kappa shape index (κ1) is 13.4. The molecule has 1 aromatic heterocycles. The van der Waals surface area contributed by atoms with Crippen LogP contribution in [0.1, 0.15) is 26.0 Å². The van der Waals surface area contributed by atoms with E-state index in [1.807, 2.05) is 6.92 Å². The Morgan fingerprint density at radius 1 is 1.59 bits per heavy atom. The first-order valence-electron chi connectivity index (χ1n) is 5.61. The minimum Gasteiger partial charge on any atom is -0.348 e. The molecule has 1 heterocycles. The standard InChI is InChI=1S/C11H18N4O2/c1-3-10(12)11(17)15(8(2)16)5-4-9-6-13-7-14-9/h6-7,10H,3-5,12H2,1-2H3,(H,13,14). The summed E-state index contributed by atoms with van der Waals surface area (Å²) in [6, 6.07) is -0.610. The highest BCUT2D eigenvalue weighted by atomic mass is 16.2. The summed E-state index contributed by atoms with van der Waals surface area (Å²) in [5.41, 5.74) is 6.52. The SMILES string of the molecule is CCC(N)C(=O)N(CCc1cnc[nH]1)C(C)=O. The molecule has 0 saturated carbocycles. The lowest BCUT2D eigenvalue weighted by Gasteiger charge is -2.21. The quantitative estimate of drug-likeness (QED) is 0.759. The lowest BCUT2D eigenvalue weighted by molar-refractivity contribution is -0.144. The second kappa shape index (κ2) is 6.15. The number of nitrogens with zero attached hydrogens (tertiary/aromatic N) is 2. The highest BCUT2D eigenvalue weighted by Gasteiger charge is 2.22. The van der Waals surface area contributed by atoms with Crippen LogP contribution in [0.2, 0.25) is 0 Å². The van der Waals surface area contributed by atoms with Gasteiger partial charge in [-0.05, 0) is 6.42 Å². The third-order valence-electron chi connectivity index (χ3n) is 2.56. The first-order valence-corrected chi connectivity index (χ1v) is 5.61. The van der Waals surface area contributed by atoms with Crippen LogP contribution in [0.25, 0.3) is 0 Å². The van der Waals surface area contributed by atoms with Gasteiger partial charge in [-0.15, -0.1) is 0 Å². The molecule has 0 aliphatic carbocycles. The van der Waals surface area contributed by atoms with Crippen molar-refractivity contribution in [2.45, 2.75) is 32.7 Å². The monoisotopic (exact) mass is 238 g/mol. The van der Waals surface area contributed by atoms with Gasteiger partial charge in [0.2, 0.25) is 11.8 Å². The normalized spacial score (nSPS) is 12.2. The molecule has 0 aliphatic heterocycles. The van der Waals surface area contributed by atoms with E-state index >= 15 is 0 Å². The van der Waals surface area contributed by atoms with E-state index in [1.165, 1.54) is 11.8 Å². The van der Waals surface area contributed by atoms with Crippen LogP contribution in [0.5, 0.6) is 0 Å². The molecular weight excluding hydrogens is 220 g/mol. The van der Waals surface area contributed by atoms with Crippen LogP contribution >= 0.6 is 0 Å². The first-order chi connectivity index (χ1) is 8.06. The van der Waals surface area contributed by atoms with E-state index in [1.54, 1.807) is 12.5 Å². The summed E-state index contributed by atoms with van der Waals surface area (Å²) in [7, 11) is 0. The molecule has 1 unspecified atom stereocenters. The van der Waals surface area contributed by atoms with Crippen LogP contribution in [0.15, 0.2) is 12.5 Å². The second-order valence-corrected chi connectivity index (χ2v) is 3.85. The van der Waals surface area contributed by atoms with Crippen LogP contribution in [-0.4, -0.2) is 39.3 Å². The molecule has 0 aromatic carbocycles. The van der Waals surface area contributed by atoms with Crippen molar-refractivity contribution in [2.75, 3.05) is 6.54 Å². The predicted octanol–water partition coefficient (Wildman–Crippen LogP) is 0.0646. The fourth-order valence-corrected chi connectivity index (χ4v) is 1.45. The number of hydrogen-bond donors (Lipinski definition) is 2. The molecule has 3 N–H and O–H groups in total. The highest BCUT2D eigenvalue weighted by molar-refractivity contribution is 5.96. The number of imide groups is 1. The third-order valence-corrected chi connectivity index (χ3v) is 2.56. The van der Waals surface area contributed by atoms with Gasteiger partial charge in [0.05, 0.1) is 12.4 Å². The molecule has 0 fully saturated rings. The number of hydrogen-bond acceptors (Lipinski definition) is 4. The number of nitrogens with two attached hydrogens (primary N) is 1. The van der Waals surface area contributed by atoms with E-state index < -0.39 is 6.04 Å². The average molecular weight is 238 g/mol. The van der Waals surface area contributed by atoms with Gasteiger partial charge in [0.15, 0.2) is 0 Å². The highest BCUT2D eigenvalue weighted by Crippen LogP contribution is 2.01. The molecule has 1 atom stereocenters. The summed E-state index contributed by atoms with van der Waals surface area (Å²) in [5, 5.41) is 0. The molecule has 1 aromatic rings. The van der Waals surface area contributed by atoms with Gasteiger partial charge in [0, 0.05) is 31.8 Å². The maximum Gasteiger partial charge on any atom is 0.246 e. The Balaban J connectivity index is 2.60. The molecule has 0 aliphatic rings. The molecule has 0 radical (unpaired) electrons. The number of nitrogens with one attached hydrogen (secondary N) is 1. The fraction of sp³-hybridized carbons (Fsp3) is 0.545. The van der Waals surface area contributed by atoms with Gasteiger partial charge in [-0.1, -0.05) is 6.92 Å². The maximum atomic E-state index is 11.8. The van der Waals surface area contributed by atoms with Crippen molar-refractivity contribution < 1.29 is 9.59 Å². The van der Waals surface area contributed by atoms with Crippen molar-refractivity contribution in [1.82, 2.24) is 14.9 Å². The number of carbonyl (C=O) groups is 2. The Kier molecular flexibility index (Phi) is 4.84. The molecule has 6 heteroatoms. The summed E-state index contributed by atoms with van der Waals surface area (Å²) in [6.07, 6.45) is 4.31. The molecule has 2 amide bonds. The van der Waals surface area contributed by atoms with Crippen molar-refractivity contribution in [3.8, 4) is 0 Å². The van der Waals surface area contributed by atoms with Crippen molar-refractivity contribution in [1.29, 1.82) is 0 Å². The molecule has 17 heavy (non-hydrogen) atoms. The van der Waals surface area contributed by atoms with Crippen LogP contribution in [-0.2, 0) is 16.0 Å². The number of aromatic nitrogens is 2. The van der Waals surface area contributed by atoms with E-state index in [9.17, 15) is 9.59 Å². The Morgan fingerprint density at radius 3 is 2.76 bits per heavy atom. The Bertz CT molecular complexity index is 375. The Hall–Kier alpha value is -1.69. The summed E-state index contributed by atoms with van der Waals surface area (Å²) in [5.74, 6) is -0.599. The van der Waals surface area contributed by atoms with Crippen molar-refractivity contribution >= 4 is 11.8 Å². The lowest BCUT2D eigenvalue weighted by Crippen LogP contribution is -2.46. The van der Waals surface area contributed by atoms with E-state index in [-0.39, 0.29) is 11.8 Å². The van der Waals surface area contributed by atoms with Crippen LogP contribution in [0, 0.1) is 0 Å². The molecule has 0 bridgehead atoms. The van der Waals surface area contributed by atoms with Gasteiger partial charge < -0.3 is 10.7 Å². The topological polar surface area (TPSA) is 92.1 Å². The average Bonchev–Trinajstić information content (AvgIpc) is 2.80. The second-order valence-electron chi connectivity index (χ2n) is 3.85. The van der Waals surface area contributed by atoms with E-state index in [4.69, 9.17) is 5.73 Å². The molecule has 1 rings (SSSR count). The lowest BCUT2D eigenvalue weighted by atomic mass is 10.2. The molecule has 0 saturated heterocycles. The fourth-order valence-electron chi connectivity index (χ4n) is 1.45. The zero-order valence-corrected chi connectivity index (χ0v) is 10.1. The largest absolute Gasteiger partial charge is 0.348 e. The summed E-state index contributed by atoms with van der Waals surface area (Å²) >= 11 is 0. The third kappa shape index (κ3) is 3.67. The van der Waals surface area contributed by atoms with Crippen LogP contribution in [0.4, 0.5) is 0 Å². The molecule has 0 spiro atoms. The van der Waals surface area contributed by atoms with E-state index in [0.29, 0.717) is 19.4 Å². The van der Waals surface area contributed by atoms with Crippen LogP contribution < -0.4 is 5.73 Å². The van der Waals surface area contributed by atoms with E-state index in [2.05, 4.69) is 9.97 Å². The molecule has 94 valence electrons. The number of carbonyl (C=O) groups excluding carboxylic acids is 2. The molecule has 6 nitrogen and oxygen atoms in total. The Morgan fingerprint density at radius 2 is 2.29 bits per heavy atom. The smallest absolute Gasteiger partial charge is 0.246 e. The van der Waals surface area contributed by atoms with Crippen LogP contribution in [0.3, 0.4) is 0 Å². The van der Waals surface area contributed by atoms with Gasteiger partial charge in [0.1, 0.15) is 0 Å². The number of aromatic amines is 1. The number of rotatable bonds is 5. The van der Waals surface area contributed by atoms with Gasteiger partial charge >= 0.3 is 0 Å². The minimum absolute atomic E-state index is 0.279. The predicted molar refractivity (Wildman–Crippen MR) is 63.0 cm³/mol. The molecular formula is C11H18N4O2.